The molecule has 4 aromatic rings. The van der Waals surface area contributed by atoms with Gasteiger partial charge in [0.05, 0.1) is 41.5 Å². The number of benzene rings is 3. The van der Waals surface area contributed by atoms with Gasteiger partial charge in [-0.2, -0.15) is 18.4 Å². The number of carbonyl (C=O) groups is 1. The first kappa shape index (κ1) is 33.0. The summed E-state index contributed by atoms with van der Waals surface area (Å²) >= 11 is 10.2. The van der Waals surface area contributed by atoms with Gasteiger partial charge in [-0.1, -0.05) is 69.2 Å². The fourth-order valence-electron chi connectivity index (χ4n) is 4.85. The van der Waals surface area contributed by atoms with Gasteiger partial charge in [-0.15, -0.1) is 0 Å². The summed E-state index contributed by atoms with van der Waals surface area (Å²) in [5.41, 5.74) is -1.41. The van der Waals surface area contributed by atoms with E-state index in [0.717, 1.165) is 4.57 Å². The van der Waals surface area contributed by atoms with Crippen molar-refractivity contribution in [3.05, 3.63) is 123 Å². The van der Waals surface area contributed by atoms with Crippen molar-refractivity contribution >= 4 is 50.9 Å². The number of nitrogens with zero attached hydrogens (tertiary/aromatic N) is 3. The second kappa shape index (κ2) is 13.5. The number of hydrogen-bond donors (Lipinski definition) is 0. The number of esters is 1. The van der Waals surface area contributed by atoms with Gasteiger partial charge in [-0.25, -0.2) is 9.79 Å². The van der Waals surface area contributed by atoms with Crippen LogP contribution >= 0.6 is 38.9 Å². The van der Waals surface area contributed by atoms with Gasteiger partial charge in [-0.3, -0.25) is 9.36 Å². The maximum absolute atomic E-state index is 14.4. The van der Waals surface area contributed by atoms with E-state index in [1.807, 2.05) is 0 Å². The lowest BCUT2D eigenvalue weighted by Gasteiger charge is -2.26. The Hall–Kier alpha value is -4.38. The van der Waals surface area contributed by atoms with E-state index >= 15 is 0 Å². The van der Waals surface area contributed by atoms with Crippen molar-refractivity contribution in [3.63, 3.8) is 0 Å². The highest BCUT2D eigenvalue weighted by atomic mass is 79.9. The quantitative estimate of drug-likeness (QED) is 0.200. The van der Waals surface area contributed by atoms with E-state index in [4.69, 9.17) is 25.8 Å². The van der Waals surface area contributed by atoms with Crippen LogP contribution in [0.5, 0.6) is 11.5 Å². The maximum Gasteiger partial charge on any atom is 0.434 e. The number of thiazole rings is 1. The van der Waals surface area contributed by atoms with Gasteiger partial charge in [-0.05, 0) is 48.9 Å². The Morgan fingerprint density at radius 1 is 1.20 bits per heavy atom. The molecule has 1 atom stereocenters. The van der Waals surface area contributed by atoms with E-state index in [9.17, 15) is 28.0 Å². The lowest BCUT2D eigenvalue weighted by atomic mass is 9.95. The predicted octanol–water partition coefficient (Wildman–Crippen LogP) is 6.22. The van der Waals surface area contributed by atoms with Crippen LogP contribution in [0, 0.1) is 11.3 Å². The highest BCUT2D eigenvalue weighted by Gasteiger charge is 2.45. The molecule has 8 nitrogen and oxygen atoms in total. The Kier molecular flexibility index (Phi) is 9.71. The number of aromatic nitrogens is 1. The van der Waals surface area contributed by atoms with Gasteiger partial charge in [0, 0.05) is 20.6 Å². The van der Waals surface area contributed by atoms with Crippen molar-refractivity contribution in [3.8, 4) is 17.6 Å². The fraction of sp³-hybridized carbons (Fsp3) is 0.188. The first-order chi connectivity index (χ1) is 22.0. The van der Waals surface area contributed by atoms with Crippen molar-refractivity contribution in [1.29, 1.82) is 5.26 Å². The highest BCUT2D eigenvalue weighted by Crippen LogP contribution is 2.39. The molecular formula is C32H22BrClF3N3O5S. The second-order valence-electron chi connectivity index (χ2n) is 9.70. The Labute approximate surface area is 277 Å². The molecule has 0 spiro atoms. The molecule has 0 unspecified atom stereocenters. The number of fused-ring (bicyclic) bond motifs is 1. The van der Waals surface area contributed by atoms with Crippen LogP contribution in [0.4, 0.5) is 13.2 Å². The van der Waals surface area contributed by atoms with E-state index in [0.29, 0.717) is 43.3 Å². The van der Waals surface area contributed by atoms with Crippen LogP contribution in [0.1, 0.15) is 35.2 Å². The van der Waals surface area contributed by atoms with Gasteiger partial charge in [0.15, 0.2) is 22.0 Å². The van der Waals surface area contributed by atoms with Gasteiger partial charge in [0.25, 0.3) is 5.56 Å². The number of nitriles is 1. The maximum atomic E-state index is 14.4. The van der Waals surface area contributed by atoms with Crippen LogP contribution in [0.2, 0.25) is 5.02 Å². The lowest BCUT2D eigenvalue weighted by Crippen LogP contribution is -2.41. The molecule has 0 amide bonds. The number of carbonyl (C=O) groups excluding carboxylic acids is 1. The van der Waals surface area contributed by atoms with Crippen molar-refractivity contribution in [1.82, 2.24) is 4.57 Å². The third-order valence-electron chi connectivity index (χ3n) is 6.85. The van der Waals surface area contributed by atoms with Crippen LogP contribution in [0.25, 0.3) is 6.08 Å². The molecule has 0 saturated heterocycles. The Bertz CT molecular complexity index is 2090. The molecule has 2 heterocycles. The van der Waals surface area contributed by atoms with Crippen molar-refractivity contribution in [2.45, 2.75) is 25.7 Å². The summed E-state index contributed by atoms with van der Waals surface area (Å²) in [5.74, 6) is -0.731. The van der Waals surface area contributed by atoms with E-state index < -0.39 is 35.0 Å². The fourth-order valence-corrected chi connectivity index (χ4v) is 6.42. The zero-order valence-corrected chi connectivity index (χ0v) is 27.2. The molecule has 14 heteroatoms. The number of rotatable bonds is 8. The predicted molar refractivity (Wildman–Crippen MR) is 168 cm³/mol. The second-order valence-corrected chi connectivity index (χ2v) is 12.1. The molecule has 0 saturated carbocycles. The van der Waals surface area contributed by atoms with Crippen LogP contribution in [0.15, 0.2) is 86.2 Å². The van der Waals surface area contributed by atoms with Gasteiger partial charge < -0.3 is 14.2 Å². The van der Waals surface area contributed by atoms with Gasteiger partial charge >= 0.3 is 12.1 Å². The minimum atomic E-state index is -5.04. The summed E-state index contributed by atoms with van der Waals surface area (Å²) in [4.78, 5) is 30.6. The molecule has 0 fully saturated rings. The van der Waals surface area contributed by atoms with Crippen LogP contribution < -0.4 is 24.4 Å². The molecule has 1 aliphatic rings. The van der Waals surface area contributed by atoms with Crippen LogP contribution in [-0.2, 0) is 16.1 Å². The van der Waals surface area contributed by atoms with Crippen molar-refractivity contribution in [2.24, 2.45) is 4.99 Å². The third kappa shape index (κ3) is 6.60. The molecule has 236 valence electrons. The largest absolute Gasteiger partial charge is 0.493 e. The summed E-state index contributed by atoms with van der Waals surface area (Å²) in [5, 5.41) is 9.79. The molecular weight excluding hydrogens is 711 g/mol. The van der Waals surface area contributed by atoms with Gasteiger partial charge in [0.2, 0.25) is 0 Å². The Morgan fingerprint density at radius 3 is 2.57 bits per heavy atom. The normalized spacial score (nSPS) is 14.7. The minimum Gasteiger partial charge on any atom is -0.493 e. The van der Waals surface area contributed by atoms with Gasteiger partial charge in [0.1, 0.15) is 6.61 Å². The molecule has 1 aromatic heterocycles. The first-order valence-corrected chi connectivity index (χ1v) is 15.5. The number of hydrogen-bond acceptors (Lipinski definition) is 8. The zero-order chi connectivity index (χ0) is 33.2. The number of ether oxygens (including phenoxy) is 3. The molecule has 0 bridgehead atoms. The van der Waals surface area contributed by atoms with E-state index in [1.54, 1.807) is 36.4 Å². The summed E-state index contributed by atoms with van der Waals surface area (Å²) in [6.07, 6.45) is -3.59. The highest BCUT2D eigenvalue weighted by molar-refractivity contribution is 9.10. The molecule has 46 heavy (non-hydrogen) atoms. The molecule has 3 aromatic carbocycles. The number of methoxy groups -OCH3 is 1. The van der Waals surface area contributed by atoms with Crippen molar-refractivity contribution in [2.75, 3.05) is 13.7 Å². The molecule has 0 N–H and O–H groups in total. The molecule has 0 radical (unpaired) electrons. The van der Waals surface area contributed by atoms with E-state index in [-0.39, 0.29) is 33.9 Å². The molecule has 5 rings (SSSR count). The number of allylic oxidation sites excluding steroid dienone is 1. The smallest absolute Gasteiger partial charge is 0.434 e. The number of halogens is 5. The average molecular weight is 733 g/mol. The lowest BCUT2D eigenvalue weighted by molar-refractivity contribution is -0.140. The summed E-state index contributed by atoms with van der Waals surface area (Å²) < 4.78 is 61.5. The first-order valence-electron chi connectivity index (χ1n) is 13.5. The minimum absolute atomic E-state index is 0.00627. The zero-order valence-electron chi connectivity index (χ0n) is 24.0. The SMILES string of the molecule is CCOC(=O)C1=C(C(F)(F)F)N=c2s/c(=C\c3cc(Br)cc(OC)c3OCc3ccccc3C#N)c(=O)n2[C@@H]1c1ccc(Cl)cc1. The standard InChI is InChI=1S/C32H22BrClF3N3O5S/c1-3-44-30(42)25-26(17-8-10-22(34)11-9-17)40-29(41)24(46-31(40)39-28(25)32(35,36)37)13-20-12-21(33)14-23(43-2)27(20)45-16-19-7-5-4-6-18(19)15-38/h4-14,26H,3,16H2,1-2H3/b24-13-/t26-/m1/s1. The molecule has 0 aliphatic carbocycles. The summed E-state index contributed by atoms with van der Waals surface area (Å²) in [7, 11) is 1.43. The van der Waals surface area contributed by atoms with Crippen LogP contribution in [0.3, 0.4) is 0 Å². The number of alkyl halides is 3. The summed E-state index contributed by atoms with van der Waals surface area (Å²) in [6, 6.07) is 16.5. The Morgan fingerprint density at radius 2 is 1.91 bits per heavy atom. The van der Waals surface area contributed by atoms with E-state index in [2.05, 4.69) is 27.0 Å². The Balaban J connectivity index is 1.73. The average Bonchev–Trinajstić information content (AvgIpc) is 3.33. The topological polar surface area (TPSA) is 103 Å². The van der Waals surface area contributed by atoms with Crippen molar-refractivity contribution < 1.29 is 32.2 Å². The van der Waals surface area contributed by atoms with E-state index in [1.165, 1.54) is 44.4 Å². The third-order valence-corrected chi connectivity index (χ3v) is 8.54. The molecule has 1 aliphatic heterocycles. The monoisotopic (exact) mass is 731 g/mol. The van der Waals surface area contributed by atoms with Crippen LogP contribution in [-0.4, -0.2) is 30.4 Å². The summed E-state index contributed by atoms with van der Waals surface area (Å²) in [6.45, 7) is 1.25.